The van der Waals surface area contributed by atoms with E-state index in [0.29, 0.717) is 28.3 Å². The molecule has 0 radical (unpaired) electrons. The third-order valence-electron chi connectivity index (χ3n) is 6.29. The molecule has 1 aromatic heterocycles. The van der Waals surface area contributed by atoms with E-state index in [0.717, 1.165) is 22.4 Å². The highest BCUT2D eigenvalue weighted by atomic mass is 16.2. The summed E-state index contributed by atoms with van der Waals surface area (Å²) in [6.45, 7) is 5.84. The van der Waals surface area contributed by atoms with Gasteiger partial charge in [0.25, 0.3) is 11.8 Å². The van der Waals surface area contributed by atoms with Crippen molar-refractivity contribution in [3.63, 3.8) is 0 Å². The quantitative estimate of drug-likeness (QED) is 0.345. The Labute approximate surface area is 209 Å². The molecule has 180 valence electrons. The van der Waals surface area contributed by atoms with Crippen LogP contribution in [-0.4, -0.2) is 21.6 Å². The molecule has 0 spiro atoms. The molecule has 0 saturated heterocycles. The summed E-state index contributed by atoms with van der Waals surface area (Å²) in [6.07, 6.45) is 1.54. The van der Waals surface area contributed by atoms with Gasteiger partial charge in [0.05, 0.1) is 11.8 Å². The normalized spacial score (nSPS) is 14.6. The number of hydrogen-bond acceptors (Lipinski definition) is 4. The second-order valence-corrected chi connectivity index (χ2v) is 8.92. The Bertz CT molecular complexity index is 1470. The minimum Gasteiger partial charge on any atom is -0.343 e. The average Bonchev–Trinajstić information content (AvgIpc) is 3.29. The number of fused-ring (bicyclic) bond motifs is 1. The maximum atomic E-state index is 13.7. The molecule has 1 aliphatic rings. The molecule has 2 heterocycles. The third kappa shape index (κ3) is 4.38. The molecule has 0 saturated carbocycles. The molecular weight excluding hydrogens is 450 g/mol. The molecule has 1 aliphatic heterocycles. The van der Waals surface area contributed by atoms with Gasteiger partial charge in [0.2, 0.25) is 0 Å². The van der Waals surface area contributed by atoms with Crippen molar-refractivity contribution in [3.8, 4) is 0 Å². The summed E-state index contributed by atoms with van der Waals surface area (Å²) in [5, 5.41) is 13.8. The van der Waals surface area contributed by atoms with Crippen LogP contribution >= 0.6 is 0 Å². The molecule has 2 amide bonds. The maximum absolute atomic E-state index is 13.7. The highest BCUT2D eigenvalue weighted by Crippen LogP contribution is 2.38. The number of anilines is 3. The van der Waals surface area contributed by atoms with Crippen molar-refractivity contribution in [2.75, 3.05) is 16.0 Å². The van der Waals surface area contributed by atoms with E-state index in [1.807, 2.05) is 99.6 Å². The summed E-state index contributed by atoms with van der Waals surface area (Å²) >= 11 is 0. The van der Waals surface area contributed by atoms with Crippen LogP contribution in [0.15, 0.2) is 96.3 Å². The van der Waals surface area contributed by atoms with Crippen molar-refractivity contribution >= 4 is 29.0 Å². The fourth-order valence-electron chi connectivity index (χ4n) is 4.52. The largest absolute Gasteiger partial charge is 0.343 e. The van der Waals surface area contributed by atoms with Crippen LogP contribution in [0.5, 0.6) is 0 Å². The van der Waals surface area contributed by atoms with Gasteiger partial charge in [0.15, 0.2) is 0 Å². The van der Waals surface area contributed by atoms with Gasteiger partial charge < -0.3 is 16.0 Å². The summed E-state index contributed by atoms with van der Waals surface area (Å²) in [5.41, 5.74) is 6.05. The Morgan fingerprint density at radius 3 is 2.25 bits per heavy atom. The van der Waals surface area contributed by atoms with Crippen LogP contribution in [0.3, 0.4) is 0 Å². The molecule has 0 fully saturated rings. The zero-order valence-electron chi connectivity index (χ0n) is 20.4. The zero-order valence-corrected chi connectivity index (χ0v) is 20.4. The fraction of sp³-hybridized carbons (Fsp3) is 0.138. The summed E-state index contributed by atoms with van der Waals surface area (Å²) in [6, 6.07) is 24.4. The Hall–Kier alpha value is -4.65. The van der Waals surface area contributed by atoms with E-state index < -0.39 is 6.04 Å². The van der Waals surface area contributed by atoms with Crippen LogP contribution in [0.1, 0.15) is 40.0 Å². The first-order valence-corrected chi connectivity index (χ1v) is 11.8. The number of allylic oxidation sites excluding steroid dienone is 1. The molecule has 0 bridgehead atoms. The van der Waals surface area contributed by atoms with Crippen molar-refractivity contribution in [2.45, 2.75) is 26.8 Å². The van der Waals surface area contributed by atoms with E-state index in [1.165, 1.54) is 6.20 Å². The van der Waals surface area contributed by atoms with Gasteiger partial charge in [-0.2, -0.15) is 5.10 Å². The van der Waals surface area contributed by atoms with Gasteiger partial charge in [-0.25, -0.2) is 4.68 Å². The van der Waals surface area contributed by atoms with Crippen LogP contribution in [0.2, 0.25) is 0 Å². The van der Waals surface area contributed by atoms with Crippen LogP contribution in [0.4, 0.5) is 17.2 Å². The van der Waals surface area contributed by atoms with Gasteiger partial charge in [0.1, 0.15) is 17.4 Å². The Kier molecular flexibility index (Phi) is 6.12. The Morgan fingerprint density at radius 1 is 0.861 bits per heavy atom. The number of hydrogen-bond donors (Lipinski definition) is 3. The van der Waals surface area contributed by atoms with Crippen molar-refractivity contribution in [2.24, 2.45) is 0 Å². The van der Waals surface area contributed by atoms with Crippen molar-refractivity contribution < 1.29 is 9.59 Å². The van der Waals surface area contributed by atoms with E-state index in [2.05, 4.69) is 21.0 Å². The van der Waals surface area contributed by atoms with Gasteiger partial charge in [-0.05, 0) is 50.1 Å². The van der Waals surface area contributed by atoms with Crippen molar-refractivity contribution in [1.29, 1.82) is 0 Å². The highest BCUT2D eigenvalue weighted by Gasteiger charge is 2.35. The Balaban J connectivity index is 1.53. The van der Waals surface area contributed by atoms with E-state index in [1.54, 1.807) is 4.68 Å². The lowest BCUT2D eigenvalue weighted by Crippen LogP contribution is -2.32. The number of amides is 2. The minimum atomic E-state index is -0.508. The van der Waals surface area contributed by atoms with E-state index in [4.69, 9.17) is 0 Å². The lowest BCUT2D eigenvalue weighted by atomic mass is 9.94. The molecule has 0 unspecified atom stereocenters. The van der Waals surface area contributed by atoms with Crippen LogP contribution in [0.25, 0.3) is 0 Å². The number of para-hydroxylation sites is 1. The number of benzene rings is 3. The number of carbonyl (C=O) groups is 2. The number of nitrogens with zero attached hydrogens (tertiary/aromatic N) is 2. The van der Waals surface area contributed by atoms with E-state index >= 15 is 0 Å². The van der Waals surface area contributed by atoms with Crippen molar-refractivity contribution in [1.82, 2.24) is 9.78 Å². The first kappa shape index (κ1) is 23.1. The molecule has 3 N–H and O–H groups in total. The predicted octanol–water partition coefficient (Wildman–Crippen LogP) is 5.68. The highest BCUT2D eigenvalue weighted by molar-refractivity contribution is 6.09. The zero-order chi connectivity index (χ0) is 25.2. The third-order valence-corrected chi connectivity index (χ3v) is 6.29. The summed E-state index contributed by atoms with van der Waals surface area (Å²) in [4.78, 5) is 26.8. The number of aryl methyl sites for hydroxylation is 2. The smallest absolute Gasteiger partial charge is 0.261 e. The van der Waals surface area contributed by atoms with Gasteiger partial charge >= 0.3 is 0 Å². The summed E-state index contributed by atoms with van der Waals surface area (Å²) < 4.78 is 1.71. The monoisotopic (exact) mass is 477 g/mol. The SMILES string of the molecule is CC1=C(C(=O)Nc2ccc(C)cc2C)[C@H](c2ccccc2)n2ncc(C(=O)Nc3ccccc3)c2N1. The predicted molar refractivity (Wildman–Crippen MR) is 142 cm³/mol. The summed E-state index contributed by atoms with van der Waals surface area (Å²) in [5.74, 6) is 0.0350. The number of carbonyl (C=O) groups excluding carboxylic acids is 2. The van der Waals surface area contributed by atoms with E-state index in [9.17, 15) is 9.59 Å². The fourth-order valence-corrected chi connectivity index (χ4v) is 4.52. The van der Waals surface area contributed by atoms with Crippen LogP contribution in [-0.2, 0) is 4.79 Å². The van der Waals surface area contributed by atoms with Gasteiger partial charge in [-0.15, -0.1) is 0 Å². The first-order valence-electron chi connectivity index (χ1n) is 11.8. The van der Waals surface area contributed by atoms with Gasteiger partial charge in [0, 0.05) is 17.1 Å². The van der Waals surface area contributed by atoms with Crippen molar-refractivity contribution in [3.05, 3.63) is 119 Å². The molecule has 5 rings (SSSR count). The molecule has 3 aromatic carbocycles. The molecule has 4 aromatic rings. The molecule has 1 atom stereocenters. The topological polar surface area (TPSA) is 88.0 Å². The second kappa shape index (κ2) is 9.54. The minimum absolute atomic E-state index is 0.225. The number of nitrogens with one attached hydrogen (secondary N) is 3. The number of rotatable bonds is 5. The molecule has 36 heavy (non-hydrogen) atoms. The molecular formula is C29H27N5O2. The lowest BCUT2D eigenvalue weighted by molar-refractivity contribution is -0.113. The average molecular weight is 478 g/mol. The van der Waals surface area contributed by atoms with Crippen LogP contribution < -0.4 is 16.0 Å². The van der Waals surface area contributed by atoms with Gasteiger partial charge in [-0.3, -0.25) is 9.59 Å². The number of aromatic nitrogens is 2. The first-order chi connectivity index (χ1) is 17.4. The van der Waals surface area contributed by atoms with Crippen LogP contribution in [0, 0.1) is 13.8 Å². The van der Waals surface area contributed by atoms with Gasteiger partial charge in [-0.1, -0.05) is 66.2 Å². The molecule has 7 nitrogen and oxygen atoms in total. The summed E-state index contributed by atoms with van der Waals surface area (Å²) in [7, 11) is 0. The van der Waals surface area contributed by atoms with E-state index in [-0.39, 0.29) is 11.8 Å². The molecule has 7 heteroatoms. The lowest BCUT2D eigenvalue weighted by Gasteiger charge is -2.30. The Morgan fingerprint density at radius 2 is 1.56 bits per heavy atom. The standard InChI is InChI=1S/C29H27N5O2/c1-18-14-15-24(19(2)16-18)33-29(36)25-20(3)31-27-23(28(35)32-22-12-8-5-9-13-22)17-30-34(27)26(25)21-10-6-4-7-11-21/h4-17,26,31H,1-3H3,(H,32,35)(H,33,36)/t26-/m0/s1. The second-order valence-electron chi connectivity index (χ2n) is 8.92. The maximum Gasteiger partial charge on any atom is 0.261 e. The molecule has 0 aliphatic carbocycles.